The second kappa shape index (κ2) is 8.43. The molecular formula is C29H26Te. The van der Waals surface area contributed by atoms with Crippen LogP contribution in [0.1, 0.15) is 35.1 Å². The van der Waals surface area contributed by atoms with Gasteiger partial charge in [0, 0.05) is 0 Å². The summed E-state index contributed by atoms with van der Waals surface area (Å²) in [5.74, 6) is 0. The van der Waals surface area contributed by atoms with Crippen LogP contribution >= 0.6 is 0 Å². The summed E-state index contributed by atoms with van der Waals surface area (Å²) in [6.45, 7) is 0. The molecular weight excluding hydrogens is 476 g/mol. The molecule has 1 heterocycles. The van der Waals surface area contributed by atoms with Crippen LogP contribution in [0.3, 0.4) is 0 Å². The van der Waals surface area contributed by atoms with Gasteiger partial charge in [-0.25, -0.2) is 0 Å². The van der Waals surface area contributed by atoms with Crippen LogP contribution < -0.4 is 0 Å². The van der Waals surface area contributed by atoms with E-state index in [-0.39, 0.29) is 29.8 Å². The molecule has 0 radical (unpaired) electrons. The zero-order valence-corrected chi connectivity index (χ0v) is 19.4. The molecule has 148 valence electrons. The molecule has 1 aliphatic heterocycles. The van der Waals surface area contributed by atoms with Crippen molar-refractivity contribution in [1.82, 2.24) is 0 Å². The molecule has 0 amide bonds. The predicted molar refractivity (Wildman–Crippen MR) is 127 cm³/mol. The van der Waals surface area contributed by atoms with E-state index in [0.717, 1.165) is 0 Å². The Balaban J connectivity index is 1.92. The number of hydrogen-bond donors (Lipinski definition) is 0. The summed E-state index contributed by atoms with van der Waals surface area (Å²) in [7, 11) is 0. The van der Waals surface area contributed by atoms with Gasteiger partial charge in [-0.15, -0.1) is 0 Å². The van der Waals surface area contributed by atoms with Crippen LogP contribution in [0.2, 0.25) is 4.47 Å². The third-order valence-electron chi connectivity index (χ3n) is 6.51. The number of rotatable bonds is 4. The van der Waals surface area contributed by atoms with Crippen molar-refractivity contribution in [2.75, 3.05) is 0 Å². The van der Waals surface area contributed by atoms with E-state index in [1.54, 1.807) is 0 Å². The maximum absolute atomic E-state index is 2.38. The van der Waals surface area contributed by atoms with E-state index < -0.39 is 0 Å². The molecule has 0 unspecified atom stereocenters. The van der Waals surface area contributed by atoms with Gasteiger partial charge in [0.05, 0.1) is 0 Å². The van der Waals surface area contributed by atoms with Crippen LogP contribution in [-0.2, 0) is 8.88 Å². The van der Waals surface area contributed by atoms with Crippen LogP contribution in [0.15, 0.2) is 121 Å². The van der Waals surface area contributed by atoms with Gasteiger partial charge >= 0.3 is 191 Å². The minimum absolute atomic E-state index is 0.0154. The normalized spacial score (nSPS) is 17.3. The third kappa shape index (κ3) is 3.04. The molecule has 5 rings (SSSR count). The van der Waals surface area contributed by atoms with Crippen molar-refractivity contribution in [3.63, 3.8) is 0 Å². The van der Waals surface area contributed by atoms with E-state index >= 15 is 0 Å². The van der Waals surface area contributed by atoms with Gasteiger partial charge in [0.15, 0.2) is 0 Å². The summed E-state index contributed by atoms with van der Waals surface area (Å²) >= 11 is -0.369. The Labute approximate surface area is 190 Å². The molecule has 1 heteroatoms. The van der Waals surface area contributed by atoms with Gasteiger partial charge in [0.2, 0.25) is 0 Å². The maximum atomic E-state index is 2.38. The Morgan fingerprint density at radius 3 is 1.23 bits per heavy atom. The summed E-state index contributed by atoms with van der Waals surface area (Å²) < 4.78 is 1.39. The molecule has 0 saturated carbocycles. The van der Waals surface area contributed by atoms with Gasteiger partial charge < -0.3 is 0 Å². The molecule has 30 heavy (non-hydrogen) atoms. The standard InChI is InChI=1S/C29H26Te/c1-5-14-24(15-6-1)28(25-16-7-2-8-17-25)22-13-23-30-29(28,26-18-9-3-10-19-26)27-20-11-4-12-21-27/h1-12,14-21H,13,22-23H2. The van der Waals surface area contributed by atoms with Gasteiger partial charge in [-0.1, -0.05) is 0 Å². The molecule has 0 spiro atoms. The Kier molecular flexibility index (Phi) is 5.51. The Morgan fingerprint density at radius 1 is 0.467 bits per heavy atom. The van der Waals surface area contributed by atoms with E-state index in [9.17, 15) is 0 Å². The molecule has 0 nitrogen and oxygen atoms in total. The molecule has 4 aromatic carbocycles. The molecule has 1 fully saturated rings. The van der Waals surface area contributed by atoms with Crippen molar-refractivity contribution < 1.29 is 0 Å². The SMILES string of the molecule is c1ccc(C2(c3ccccc3)CCC[Te]C2(c2ccccc2)c2ccccc2)cc1. The quantitative estimate of drug-likeness (QED) is 0.269. The fourth-order valence-electron chi connectivity index (χ4n) is 5.34. The van der Waals surface area contributed by atoms with Gasteiger partial charge in [-0.05, 0) is 0 Å². The predicted octanol–water partition coefficient (Wildman–Crippen LogP) is 6.83. The van der Waals surface area contributed by atoms with Gasteiger partial charge in [0.25, 0.3) is 0 Å². The average Bonchev–Trinajstić information content (AvgIpc) is 2.86. The van der Waals surface area contributed by atoms with Crippen LogP contribution in [0.25, 0.3) is 0 Å². The van der Waals surface area contributed by atoms with E-state index in [1.807, 2.05) is 0 Å². The monoisotopic (exact) mass is 504 g/mol. The second-order valence-electron chi connectivity index (χ2n) is 8.00. The zero-order valence-electron chi connectivity index (χ0n) is 17.1. The topological polar surface area (TPSA) is 0 Å². The molecule has 1 saturated heterocycles. The van der Waals surface area contributed by atoms with Gasteiger partial charge in [-0.3, -0.25) is 0 Å². The van der Waals surface area contributed by atoms with Crippen molar-refractivity contribution in [1.29, 1.82) is 0 Å². The fraction of sp³-hybridized carbons (Fsp3) is 0.172. The van der Waals surface area contributed by atoms with Crippen LogP contribution in [0.4, 0.5) is 0 Å². The summed E-state index contributed by atoms with van der Waals surface area (Å²) in [5.41, 5.74) is 5.80. The minimum atomic E-state index is -0.369. The molecule has 0 aliphatic carbocycles. The van der Waals surface area contributed by atoms with Gasteiger partial charge in [0.1, 0.15) is 0 Å². The van der Waals surface area contributed by atoms with Crippen molar-refractivity contribution in [3.8, 4) is 0 Å². The first-order valence-corrected chi connectivity index (χ1v) is 13.6. The van der Waals surface area contributed by atoms with Crippen LogP contribution in [0, 0.1) is 0 Å². The Bertz CT molecular complexity index is 902. The van der Waals surface area contributed by atoms with E-state index in [4.69, 9.17) is 0 Å². The summed E-state index contributed by atoms with van der Waals surface area (Å²) in [6.07, 6.45) is 2.48. The average molecular weight is 502 g/mol. The van der Waals surface area contributed by atoms with E-state index in [2.05, 4.69) is 121 Å². The zero-order chi connectivity index (χ0) is 20.3. The molecule has 0 bridgehead atoms. The van der Waals surface area contributed by atoms with E-state index in [0.29, 0.717) is 0 Å². The summed E-state index contributed by atoms with van der Waals surface area (Å²) in [4.78, 5) is 0. The molecule has 0 N–H and O–H groups in total. The first-order valence-electron chi connectivity index (χ1n) is 10.7. The first-order chi connectivity index (χ1) is 14.9. The van der Waals surface area contributed by atoms with Crippen molar-refractivity contribution in [2.45, 2.75) is 26.2 Å². The van der Waals surface area contributed by atoms with E-state index in [1.165, 1.54) is 39.6 Å². The first kappa shape index (κ1) is 19.6. The second-order valence-corrected chi connectivity index (χ2v) is 11.7. The Hall–Kier alpha value is -2.33. The summed E-state index contributed by atoms with van der Waals surface area (Å²) in [6, 6.07) is 45.4. The molecule has 4 aromatic rings. The van der Waals surface area contributed by atoms with Crippen molar-refractivity contribution in [2.24, 2.45) is 0 Å². The third-order valence-corrected chi connectivity index (χ3v) is 11.5. The van der Waals surface area contributed by atoms with Crippen molar-refractivity contribution in [3.05, 3.63) is 144 Å². The number of hydrogen-bond acceptors (Lipinski definition) is 0. The molecule has 1 aliphatic rings. The van der Waals surface area contributed by atoms with Crippen LogP contribution in [0.5, 0.6) is 0 Å². The fourth-order valence-corrected chi connectivity index (χ4v) is 10.4. The van der Waals surface area contributed by atoms with Crippen molar-refractivity contribution >= 4 is 20.9 Å². The van der Waals surface area contributed by atoms with Crippen LogP contribution in [-0.4, -0.2) is 20.9 Å². The molecule has 0 aromatic heterocycles. The Morgan fingerprint density at radius 2 is 0.833 bits per heavy atom. The van der Waals surface area contributed by atoms with Gasteiger partial charge in [-0.2, -0.15) is 0 Å². The molecule has 0 atom stereocenters. The summed E-state index contributed by atoms with van der Waals surface area (Å²) in [5, 5.41) is 0. The number of benzene rings is 4.